The molecular formula is C12H12O3. The molecule has 78 valence electrons. The van der Waals surface area contributed by atoms with E-state index in [-0.39, 0.29) is 5.75 Å². The summed E-state index contributed by atoms with van der Waals surface area (Å²) in [5, 5.41) is 11.5. The van der Waals surface area contributed by atoms with Gasteiger partial charge in [0.1, 0.15) is 5.75 Å². The number of phenolic OH excluding ortho intramolecular Hbond substituents is 1. The van der Waals surface area contributed by atoms with Crippen LogP contribution in [0.4, 0.5) is 0 Å². The molecule has 0 spiro atoms. The van der Waals surface area contributed by atoms with Gasteiger partial charge in [-0.3, -0.25) is 0 Å². The Balaban J connectivity index is 2.76. The van der Waals surface area contributed by atoms with Crippen LogP contribution >= 0.6 is 0 Å². The van der Waals surface area contributed by atoms with Crippen molar-refractivity contribution in [1.82, 2.24) is 0 Å². The number of hydrogen-bond donors (Lipinski definition) is 1. The predicted octanol–water partition coefficient (Wildman–Crippen LogP) is 2.56. The lowest BCUT2D eigenvalue weighted by molar-refractivity contribution is 0.377. The molecular weight excluding hydrogens is 192 g/mol. The van der Waals surface area contributed by atoms with Gasteiger partial charge in [-0.2, -0.15) is 0 Å². The highest BCUT2D eigenvalue weighted by molar-refractivity contribution is 5.91. The molecule has 2 aromatic carbocycles. The molecule has 3 heteroatoms. The SMILES string of the molecule is COc1ccc2ccc(O)c(OC)c2c1. The van der Waals surface area contributed by atoms with Crippen molar-refractivity contribution in [3.05, 3.63) is 30.3 Å². The molecule has 0 saturated carbocycles. The summed E-state index contributed by atoms with van der Waals surface area (Å²) in [5.41, 5.74) is 0. The molecule has 0 atom stereocenters. The topological polar surface area (TPSA) is 38.7 Å². The maximum Gasteiger partial charge on any atom is 0.168 e. The summed E-state index contributed by atoms with van der Waals surface area (Å²) < 4.78 is 10.3. The molecule has 15 heavy (non-hydrogen) atoms. The second-order valence-electron chi connectivity index (χ2n) is 3.21. The zero-order chi connectivity index (χ0) is 10.8. The first kappa shape index (κ1) is 9.65. The average Bonchev–Trinajstić information content (AvgIpc) is 2.28. The van der Waals surface area contributed by atoms with Crippen molar-refractivity contribution in [3.8, 4) is 17.2 Å². The van der Waals surface area contributed by atoms with Crippen LogP contribution in [0.3, 0.4) is 0 Å². The van der Waals surface area contributed by atoms with E-state index < -0.39 is 0 Å². The Labute approximate surface area is 87.9 Å². The highest BCUT2D eigenvalue weighted by atomic mass is 16.5. The van der Waals surface area contributed by atoms with Crippen molar-refractivity contribution in [2.75, 3.05) is 14.2 Å². The molecule has 0 unspecified atom stereocenters. The number of hydrogen-bond acceptors (Lipinski definition) is 3. The van der Waals surface area contributed by atoms with E-state index >= 15 is 0 Å². The van der Waals surface area contributed by atoms with E-state index in [4.69, 9.17) is 9.47 Å². The molecule has 0 aliphatic carbocycles. The van der Waals surface area contributed by atoms with Crippen LogP contribution in [0.25, 0.3) is 10.8 Å². The summed E-state index contributed by atoms with van der Waals surface area (Å²) in [5.74, 6) is 1.36. The number of rotatable bonds is 2. The lowest BCUT2D eigenvalue weighted by Gasteiger charge is -2.08. The summed E-state index contributed by atoms with van der Waals surface area (Å²) in [6, 6.07) is 9.10. The summed E-state index contributed by atoms with van der Waals surface area (Å²) in [7, 11) is 3.14. The van der Waals surface area contributed by atoms with Crippen LogP contribution in [0.2, 0.25) is 0 Å². The van der Waals surface area contributed by atoms with Gasteiger partial charge in [-0.25, -0.2) is 0 Å². The minimum atomic E-state index is 0.137. The van der Waals surface area contributed by atoms with E-state index in [2.05, 4.69) is 0 Å². The van der Waals surface area contributed by atoms with Gasteiger partial charge < -0.3 is 14.6 Å². The second-order valence-corrected chi connectivity index (χ2v) is 3.21. The highest BCUT2D eigenvalue weighted by Crippen LogP contribution is 2.36. The fourth-order valence-corrected chi connectivity index (χ4v) is 1.60. The van der Waals surface area contributed by atoms with Crippen LogP contribution in [-0.2, 0) is 0 Å². The van der Waals surface area contributed by atoms with Gasteiger partial charge in [-0.05, 0) is 23.6 Å². The fraction of sp³-hybridized carbons (Fsp3) is 0.167. The van der Waals surface area contributed by atoms with Crippen LogP contribution < -0.4 is 9.47 Å². The van der Waals surface area contributed by atoms with Crippen LogP contribution in [-0.4, -0.2) is 19.3 Å². The van der Waals surface area contributed by atoms with Crippen molar-refractivity contribution >= 4 is 10.8 Å². The summed E-state index contributed by atoms with van der Waals surface area (Å²) in [4.78, 5) is 0. The third kappa shape index (κ3) is 1.56. The lowest BCUT2D eigenvalue weighted by Crippen LogP contribution is -1.87. The molecule has 0 saturated heterocycles. The molecule has 0 aromatic heterocycles. The van der Waals surface area contributed by atoms with Crippen LogP contribution in [0.1, 0.15) is 0 Å². The van der Waals surface area contributed by atoms with Crippen LogP contribution in [0.5, 0.6) is 17.2 Å². The van der Waals surface area contributed by atoms with Crippen molar-refractivity contribution in [1.29, 1.82) is 0 Å². The monoisotopic (exact) mass is 204 g/mol. The van der Waals surface area contributed by atoms with Gasteiger partial charge in [-0.15, -0.1) is 0 Å². The van der Waals surface area contributed by atoms with E-state index in [1.165, 1.54) is 7.11 Å². The van der Waals surface area contributed by atoms with Crippen molar-refractivity contribution in [3.63, 3.8) is 0 Å². The zero-order valence-corrected chi connectivity index (χ0v) is 8.65. The predicted molar refractivity (Wildman–Crippen MR) is 58.7 cm³/mol. The summed E-state index contributed by atoms with van der Waals surface area (Å²) in [6.45, 7) is 0. The molecule has 0 aliphatic rings. The van der Waals surface area contributed by atoms with Crippen molar-refractivity contribution in [2.24, 2.45) is 0 Å². The maximum absolute atomic E-state index is 9.61. The van der Waals surface area contributed by atoms with Crippen molar-refractivity contribution in [2.45, 2.75) is 0 Å². The van der Waals surface area contributed by atoms with Gasteiger partial charge in [0.15, 0.2) is 11.5 Å². The third-order valence-corrected chi connectivity index (χ3v) is 2.36. The molecule has 0 amide bonds. The molecule has 1 N–H and O–H groups in total. The highest BCUT2D eigenvalue weighted by Gasteiger charge is 2.07. The van der Waals surface area contributed by atoms with E-state index in [0.29, 0.717) is 5.75 Å². The van der Waals surface area contributed by atoms with Crippen LogP contribution in [0, 0.1) is 0 Å². The number of fused-ring (bicyclic) bond motifs is 1. The fourth-order valence-electron chi connectivity index (χ4n) is 1.60. The summed E-state index contributed by atoms with van der Waals surface area (Å²) in [6.07, 6.45) is 0. The normalized spacial score (nSPS) is 10.3. The van der Waals surface area contributed by atoms with E-state index in [0.717, 1.165) is 16.5 Å². The van der Waals surface area contributed by atoms with Gasteiger partial charge in [0.25, 0.3) is 0 Å². The number of methoxy groups -OCH3 is 2. The van der Waals surface area contributed by atoms with Gasteiger partial charge >= 0.3 is 0 Å². The number of aromatic hydroxyl groups is 1. The minimum Gasteiger partial charge on any atom is -0.504 e. The molecule has 0 bridgehead atoms. The molecule has 2 rings (SSSR count). The Morgan fingerprint density at radius 3 is 2.40 bits per heavy atom. The molecule has 0 aliphatic heterocycles. The molecule has 3 nitrogen and oxygen atoms in total. The van der Waals surface area contributed by atoms with Gasteiger partial charge in [0, 0.05) is 5.39 Å². The maximum atomic E-state index is 9.61. The Hall–Kier alpha value is -1.90. The Morgan fingerprint density at radius 2 is 1.73 bits per heavy atom. The third-order valence-electron chi connectivity index (χ3n) is 2.36. The molecule has 2 aromatic rings. The molecule has 0 heterocycles. The number of phenols is 1. The Kier molecular flexibility index (Phi) is 2.37. The first-order chi connectivity index (χ1) is 7.26. The van der Waals surface area contributed by atoms with Crippen LogP contribution in [0.15, 0.2) is 30.3 Å². The Morgan fingerprint density at radius 1 is 1.00 bits per heavy atom. The largest absolute Gasteiger partial charge is 0.504 e. The van der Waals surface area contributed by atoms with Gasteiger partial charge in [-0.1, -0.05) is 12.1 Å². The lowest BCUT2D eigenvalue weighted by atomic mass is 10.1. The van der Waals surface area contributed by atoms with Gasteiger partial charge in [0.05, 0.1) is 14.2 Å². The number of benzene rings is 2. The van der Waals surface area contributed by atoms with E-state index in [9.17, 15) is 5.11 Å². The first-order valence-electron chi connectivity index (χ1n) is 4.60. The smallest absolute Gasteiger partial charge is 0.168 e. The standard InChI is InChI=1S/C12H12O3/c1-14-9-5-3-8-4-6-11(13)12(15-2)10(8)7-9/h3-7,13H,1-2H3. The first-order valence-corrected chi connectivity index (χ1v) is 4.60. The average molecular weight is 204 g/mol. The van der Waals surface area contributed by atoms with Gasteiger partial charge in [0.2, 0.25) is 0 Å². The van der Waals surface area contributed by atoms with E-state index in [1.807, 2.05) is 24.3 Å². The quantitative estimate of drug-likeness (QED) is 0.817. The molecule has 0 radical (unpaired) electrons. The minimum absolute atomic E-state index is 0.137. The van der Waals surface area contributed by atoms with Crippen molar-refractivity contribution < 1.29 is 14.6 Å². The summed E-state index contributed by atoms with van der Waals surface area (Å²) >= 11 is 0. The second kappa shape index (κ2) is 3.69. The van der Waals surface area contributed by atoms with E-state index in [1.54, 1.807) is 13.2 Å². The Bertz CT molecular complexity index is 491. The number of ether oxygens (including phenoxy) is 2. The molecule has 0 fully saturated rings. The zero-order valence-electron chi connectivity index (χ0n) is 8.65.